The minimum atomic E-state index is -0.539. The second kappa shape index (κ2) is 8.96. The van der Waals surface area contributed by atoms with Gasteiger partial charge in [-0.3, -0.25) is 4.68 Å². The Kier molecular flexibility index (Phi) is 5.87. The number of hydrogen-bond acceptors (Lipinski definition) is 7. The van der Waals surface area contributed by atoms with E-state index in [1.807, 2.05) is 10.9 Å². The van der Waals surface area contributed by atoms with Crippen LogP contribution in [0.4, 0.5) is 16.0 Å². The Morgan fingerprint density at radius 3 is 2.85 bits per heavy atom. The van der Waals surface area contributed by atoms with E-state index in [1.165, 1.54) is 18.3 Å². The largest absolute Gasteiger partial charge is 0.489 e. The Morgan fingerprint density at radius 2 is 2.12 bits per heavy atom. The zero-order chi connectivity index (χ0) is 22.8. The Bertz CT molecular complexity index is 1200. The molecule has 0 bridgehead atoms. The monoisotopic (exact) mass is 468 g/mol. The zero-order valence-corrected chi connectivity index (χ0v) is 18.6. The van der Waals surface area contributed by atoms with E-state index in [2.05, 4.69) is 26.5 Å². The van der Waals surface area contributed by atoms with Crippen LogP contribution in [0.3, 0.4) is 0 Å². The minimum Gasteiger partial charge on any atom is -0.489 e. The Balaban J connectivity index is 1.31. The van der Waals surface area contributed by atoms with Gasteiger partial charge in [-0.05, 0) is 43.9 Å². The number of nitrogens with zero attached hydrogens (tertiary/aromatic N) is 5. The standard InChI is InChI=1S/C23H22ClFN6O2/c24-18-11-27-22(29-16-10-28-31(12-16)17-3-7-32-8-4-17)30-21(18)15-1-2-20(19(25)9-15)33-14-23(13-26)5-6-23/h1-2,9-12,17H,3-8,14H2,(H,27,29,30). The van der Waals surface area contributed by atoms with Crippen molar-refractivity contribution in [1.29, 1.82) is 5.26 Å². The maximum Gasteiger partial charge on any atom is 0.227 e. The van der Waals surface area contributed by atoms with E-state index < -0.39 is 11.2 Å². The van der Waals surface area contributed by atoms with Crippen molar-refractivity contribution in [2.24, 2.45) is 5.41 Å². The number of rotatable bonds is 7. The Hall–Kier alpha value is -3.22. The third-order valence-corrected chi connectivity index (χ3v) is 6.24. The van der Waals surface area contributed by atoms with Crippen LogP contribution >= 0.6 is 11.6 Å². The van der Waals surface area contributed by atoms with Crippen molar-refractivity contribution in [2.45, 2.75) is 31.7 Å². The van der Waals surface area contributed by atoms with Gasteiger partial charge in [0.05, 0.1) is 46.3 Å². The van der Waals surface area contributed by atoms with Crippen molar-refractivity contribution < 1.29 is 13.9 Å². The number of nitrogens with one attached hydrogen (secondary N) is 1. The molecule has 10 heteroatoms. The molecule has 5 rings (SSSR count). The lowest BCUT2D eigenvalue weighted by Gasteiger charge is -2.22. The molecule has 2 aromatic heterocycles. The van der Waals surface area contributed by atoms with Crippen LogP contribution in [0.1, 0.15) is 31.7 Å². The van der Waals surface area contributed by atoms with Crippen LogP contribution in [0.2, 0.25) is 5.02 Å². The van der Waals surface area contributed by atoms with Crippen molar-refractivity contribution in [2.75, 3.05) is 25.1 Å². The third kappa shape index (κ3) is 4.77. The van der Waals surface area contributed by atoms with E-state index in [9.17, 15) is 4.39 Å². The summed E-state index contributed by atoms with van der Waals surface area (Å²) in [6, 6.07) is 7.08. The van der Waals surface area contributed by atoms with E-state index in [0.717, 1.165) is 44.6 Å². The Labute approximate surface area is 195 Å². The van der Waals surface area contributed by atoms with Gasteiger partial charge in [0, 0.05) is 25.0 Å². The molecule has 0 radical (unpaired) electrons. The van der Waals surface area contributed by atoms with Gasteiger partial charge in [-0.15, -0.1) is 0 Å². The summed E-state index contributed by atoms with van der Waals surface area (Å²) in [7, 11) is 0. The smallest absolute Gasteiger partial charge is 0.227 e. The lowest BCUT2D eigenvalue weighted by atomic mass is 10.1. The number of ether oxygens (including phenoxy) is 2. The predicted octanol–water partition coefficient (Wildman–Crippen LogP) is 4.91. The van der Waals surface area contributed by atoms with Crippen molar-refractivity contribution in [3.05, 3.63) is 47.6 Å². The molecular weight excluding hydrogens is 447 g/mol. The van der Waals surface area contributed by atoms with Crippen LogP contribution in [0.5, 0.6) is 5.75 Å². The van der Waals surface area contributed by atoms with Crippen LogP contribution in [0.25, 0.3) is 11.3 Å². The van der Waals surface area contributed by atoms with E-state index in [4.69, 9.17) is 26.3 Å². The summed E-state index contributed by atoms with van der Waals surface area (Å²) < 4.78 is 27.5. The summed E-state index contributed by atoms with van der Waals surface area (Å²) in [5.74, 6) is -0.112. The van der Waals surface area contributed by atoms with E-state index in [1.54, 1.807) is 12.3 Å². The molecule has 2 aliphatic rings. The highest BCUT2D eigenvalue weighted by molar-refractivity contribution is 6.32. The first-order valence-electron chi connectivity index (χ1n) is 10.8. The molecule has 1 saturated carbocycles. The van der Waals surface area contributed by atoms with Gasteiger partial charge < -0.3 is 14.8 Å². The molecule has 0 spiro atoms. The summed E-state index contributed by atoms with van der Waals surface area (Å²) in [5.41, 5.74) is 1.16. The molecule has 8 nitrogen and oxygen atoms in total. The summed E-state index contributed by atoms with van der Waals surface area (Å²) >= 11 is 6.31. The van der Waals surface area contributed by atoms with E-state index >= 15 is 0 Å². The molecule has 33 heavy (non-hydrogen) atoms. The predicted molar refractivity (Wildman–Crippen MR) is 120 cm³/mol. The van der Waals surface area contributed by atoms with Gasteiger partial charge in [-0.2, -0.15) is 10.4 Å². The van der Waals surface area contributed by atoms with Gasteiger partial charge in [0.1, 0.15) is 6.61 Å². The number of benzene rings is 1. The second-order valence-electron chi connectivity index (χ2n) is 8.39. The molecule has 2 fully saturated rings. The molecule has 3 heterocycles. The first-order chi connectivity index (χ1) is 16.0. The second-order valence-corrected chi connectivity index (χ2v) is 8.80. The van der Waals surface area contributed by atoms with Gasteiger partial charge in [-0.1, -0.05) is 11.6 Å². The lowest BCUT2D eigenvalue weighted by Crippen LogP contribution is -2.19. The molecule has 1 aliphatic heterocycles. The summed E-state index contributed by atoms with van der Waals surface area (Å²) in [5, 5.41) is 17.0. The maximum absolute atomic E-state index is 14.7. The fourth-order valence-electron chi connectivity index (χ4n) is 3.73. The topological polar surface area (TPSA) is 97.9 Å². The molecule has 1 N–H and O–H groups in total. The molecule has 1 aromatic carbocycles. The van der Waals surface area contributed by atoms with Crippen LogP contribution in [0, 0.1) is 22.6 Å². The van der Waals surface area contributed by atoms with Crippen LogP contribution < -0.4 is 10.1 Å². The van der Waals surface area contributed by atoms with Crippen LogP contribution in [-0.2, 0) is 4.74 Å². The summed E-state index contributed by atoms with van der Waals surface area (Å²) in [6.07, 6.45) is 8.51. The van der Waals surface area contributed by atoms with Gasteiger partial charge in [0.25, 0.3) is 0 Å². The first kappa shape index (κ1) is 21.6. The average Bonchev–Trinajstić information content (AvgIpc) is 3.48. The zero-order valence-electron chi connectivity index (χ0n) is 17.8. The molecule has 1 saturated heterocycles. The summed E-state index contributed by atoms with van der Waals surface area (Å²) in [6.45, 7) is 1.65. The van der Waals surface area contributed by atoms with Crippen molar-refractivity contribution >= 4 is 23.2 Å². The van der Waals surface area contributed by atoms with Crippen molar-refractivity contribution in [1.82, 2.24) is 19.7 Å². The van der Waals surface area contributed by atoms with Gasteiger partial charge in [0.15, 0.2) is 11.6 Å². The molecule has 0 unspecified atom stereocenters. The van der Waals surface area contributed by atoms with Gasteiger partial charge in [0.2, 0.25) is 5.95 Å². The van der Waals surface area contributed by atoms with Crippen LogP contribution in [-0.4, -0.2) is 39.6 Å². The van der Waals surface area contributed by atoms with Crippen molar-refractivity contribution in [3.8, 4) is 23.1 Å². The van der Waals surface area contributed by atoms with Crippen molar-refractivity contribution in [3.63, 3.8) is 0 Å². The number of aromatic nitrogens is 4. The SMILES string of the molecule is N#CC1(COc2ccc(-c3nc(Nc4cnn(C5CCOCC5)c4)ncc3Cl)cc2F)CC1. The number of hydrogen-bond donors (Lipinski definition) is 1. The quantitative estimate of drug-likeness (QED) is 0.526. The molecule has 0 atom stereocenters. The van der Waals surface area contributed by atoms with E-state index in [-0.39, 0.29) is 12.4 Å². The highest BCUT2D eigenvalue weighted by Crippen LogP contribution is 2.45. The number of halogens is 2. The normalized spacial score (nSPS) is 17.4. The average molecular weight is 469 g/mol. The highest BCUT2D eigenvalue weighted by atomic mass is 35.5. The lowest BCUT2D eigenvalue weighted by molar-refractivity contribution is 0.0662. The van der Waals surface area contributed by atoms with E-state index in [0.29, 0.717) is 28.3 Å². The third-order valence-electron chi connectivity index (χ3n) is 5.97. The number of anilines is 2. The molecular formula is C23H22ClFN6O2. The molecule has 170 valence electrons. The summed E-state index contributed by atoms with van der Waals surface area (Å²) in [4.78, 5) is 8.71. The Morgan fingerprint density at radius 1 is 1.30 bits per heavy atom. The highest BCUT2D eigenvalue weighted by Gasteiger charge is 2.44. The maximum atomic E-state index is 14.7. The van der Waals surface area contributed by atoms with Gasteiger partial charge in [-0.25, -0.2) is 14.4 Å². The molecule has 0 amide bonds. The fourth-order valence-corrected chi connectivity index (χ4v) is 3.93. The minimum absolute atomic E-state index is 0.101. The van der Waals surface area contributed by atoms with Gasteiger partial charge >= 0.3 is 0 Å². The molecule has 3 aromatic rings. The van der Waals surface area contributed by atoms with Crippen LogP contribution in [0.15, 0.2) is 36.8 Å². The first-order valence-corrected chi connectivity index (χ1v) is 11.2. The fraction of sp³-hybridized carbons (Fsp3) is 0.391. The molecule has 1 aliphatic carbocycles. The number of nitriles is 1.